The first-order chi connectivity index (χ1) is 9.95. The highest BCUT2D eigenvalue weighted by molar-refractivity contribution is 5.93. The fourth-order valence-electron chi connectivity index (χ4n) is 2.75. The number of carbonyl (C=O) groups excluding carboxylic acids is 1. The van der Waals surface area contributed by atoms with Crippen LogP contribution in [0.2, 0.25) is 0 Å². The minimum atomic E-state index is -0.147. The minimum absolute atomic E-state index is 0.00433. The molecule has 1 amide bonds. The summed E-state index contributed by atoms with van der Waals surface area (Å²) in [4.78, 5) is 14.6. The highest BCUT2D eigenvalue weighted by Gasteiger charge is 2.31. The lowest BCUT2D eigenvalue weighted by Gasteiger charge is -2.40. The predicted octanol–water partition coefficient (Wildman–Crippen LogP) is 2.79. The predicted molar refractivity (Wildman–Crippen MR) is 84.6 cm³/mol. The molecule has 1 N–H and O–H groups in total. The van der Waals surface area contributed by atoms with Crippen molar-refractivity contribution in [3.8, 4) is 0 Å². The highest BCUT2D eigenvalue weighted by atomic mass is 16.5. The van der Waals surface area contributed by atoms with Gasteiger partial charge in [0.2, 0.25) is 0 Å². The Bertz CT molecular complexity index is 464. The summed E-state index contributed by atoms with van der Waals surface area (Å²) in [6.45, 7) is 11.9. The van der Waals surface area contributed by atoms with Gasteiger partial charge in [0.25, 0.3) is 5.91 Å². The molecule has 0 aliphatic heterocycles. The molecule has 5 nitrogen and oxygen atoms in total. The van der Waals surface area contributed by atoms with Gasteiger partial charge in [0, 0.05) is 24.1 Å². The third-order valence-corrected chi connectivity index (χ3v) is 4.74. The maximum absolute atomic E-state index is 12.3. The van der Waals surface area contributed by atoms with E-state index in [9.17, 15) is 4.79 Å². The van der Waals surface area contributed by atoms with Crippen LogP contribution in [0, 0.1) is 6.92 Å². The van der Waals surface area contributed by atoms with Crippen LogP contribution in [0.15, 0.2) is 4.52 Å². The molecule has 1 aromatic rings. The Kier molecular flexibility index (Phi) is 6.40. The van der Waals surface area contributed by atoms with Crippen molar-refractivity contribution in [1.29, 1.82) is 0 Å². The highest BCUT2D eigenvalue weighted by Crippen LogP contribution is 2.22. The number of nitrogens with zero attached hydrogens (tertiary/aromatic N) is 2. The van der Waals surface area contributed by atoms with Gasteiger partial charge in [-0.05, 0) is 33.4 Å². The topological polar surface area (TPSA) is 58.4 Å². The zero-order valence-corrected chi connectivity index (χ0v) is 14.2. The van der Waals surface area contributed by atoms with E-state index in [-0.39, 0.29) is 11.4 Å². The minimum Gasteiger partial charge on any atom is -0.360 e. The molecule has 120 valence electrons. The molecule has 0 saturated carbocycles. The third kappa shape index (κ3) is 3.64. The fraction of sp³-hybridized carbons (Fsp3) is 0.750. The Morgan fingerprint density at radius 1 is 1.29 bits per heavy atom. The number of hydrogen-bond donors (Lipinski definition) is 1. The molecule has 1 aromatic heterocycles. The van der Waals surface area contributed by atoms with Crippen LogP contribution in [-0.2, 0) is 6.42 Å². The average Bonchev–Trinajstić information content (AvgIpc) is 2.88. The van der Waals surface area contributed by atoms with Crippen LogP contribution in [-0.4, -0.2) is 41.6 Å². The van der Waals surface area contributed by atoms with Crippen molar-refractivity contribution in [1.82, 2.24) is 15.4 Å². The van der Waals surface area contributed by atoms with Gasteiger partial charge >= 0.3 is 0 Å². The van der Waals surface area contributed by atoms with Gasteiger partial charge in [-0.15, -0.1) is 0 Å². The number of aromatic nitrogens is 1. The molecule has 0 atom stereocenters. The third-order valence-electron chi connectivity index (χ3n) is 4.74. The van der Waals surface area contributed by atoms with Gasteiger partial charge in [-0.1, -0.05) is 32.9 Å². The Balaban J connectivity index is 2.80. The summed E-state index contributed by atoms with van der Waals surface area (Å²) in [7, 11) is 2.11. The Morgan fingerprint density at radius 2 is 1.90 bits per heavy atom. The fourth-order valence-corrected chi connectivity index (χ4v) is 2.75. The number of carbonyl (C=O) groups is 1. The number of hydrogen-bond acceptors (Lipinski definition) is 4. The summed E-state index contributed by atoms with van der Waals surface area (Å²) in [6.07, 6.45) is 2.73. The van der Waals surface area contributed by atoms with E-state index in [0.717, 1.165) is 37.1 Å². The van der Waals surface area contributed by atoms with Crippen molar-refractivity contribution in [2.24, 2.45) is 0 Å². The zero-order chi connectivity index (χ0) is 16.0. The van der Waals surface area contributed by atoms with Crippen LogP contribution in [0.25, 0.3) is 0 Å². The van der Waals surface area contributed by atoms with E-state index in [1.165, 1.54) is 0 Å². The first kappa shape index (κ1) is 17.7. The molecule has 0 saturated heterocycles. The first-order valence-electron chi connectivity index (χ1n) is 7.90. The molecule has 0 radical (unpaired) electrons. The van der Waals surface area contributed by atoms with E-state index in [1.807, 2.05) is 13.8 Å². The molecule has 0 bridgehead atoms. The van der Waals surface area contributed by atoms with Crippen molar-refractivity contribution in [2.45, 2.75) is 59.4 Å². The van der Waals surface area contributed by atoms with Gasteiger partial charge in [0.05, 0.1) is 0 Å². The average molecular weight is 295 g/mol. The Hall–Kier alpha value is -1.36. The van der Waals surface area contributed by atoms with Crippen molar-refractivity contribution in [3.05, 3.63) is 17.0 Å². The quantitative estimate of drug-likeness (QED) is 0.801. The van der Waals surface area contributed by atoms with Crippen molar-refractivity contribution >= 4 is 5.91 Å². The summed E-state index contributed by atoms with van der Waals surface area (Å²) >= 11 is 0. The van der Waals surface area contributed by atoms with E-state index >= 15 is 0 Å². The molecule has 5 heteroatoms. The lowest BCUT2D eigenvalue weighted by Crippen LogP contribution is -2.53. The Labute approximate surface area is 128 Å². The monoisotopic (exact) mass is 295 g/mol. The maximum Gasteiger partial charge on any atom is 0.273 e. The van der Waals surface area contributed by atoms with Gasteiger partial charge in [0.15, 0.2) is 5.69 Å². The van der Waals surface area contributed by atoms with E-state index in [4.69, 9.17) is 4.52 Å². The van der Waals surface area contributed by atoms with Gasteiger partial charge in [0.1, 0.15) is 5.76 Å². The van der Waals surface area contributed by atoms with Crippen molar-refractivity contribution in [3.63, 3.8) is 0 Å². The molecule has 0 fully saturated rings. The normalized spacial score (nSPS) is 12.0. The molecule has 1 heterocycles. The summed E-state index contributed by atoms with van der Waals surface area (Å²) in [5.74, 6) is 0.634. The summed E-state index contributed by atoms with van der Waals surface area (Å²) in [6, 6.07) is 0. The molecule has 0 aromatic carbocycles. The molecular weight excluding hydrogens is 266 g/mol. The van der Waals surface area contributed by atoms with E-state index < -0.39 is 0 Å². The van der Waals surface area contributed by atoms with Gasteiger partial charge in [-0.2, -0.15) is 0 Å². The standard InChI is InChI=1S/C16H29N3O2/c1-7-13-12(5)14(18-21-13)15(20)17-11-16(8-2,9-3)19(6)10-4/h7-11H2,1-6H3,(H,17,20). The van der Waals surface area contributed by atoms with Crippen LogP contribution in [0.4, 0.5) is 0 Å². The SMILES string of the molecule is CCc1onc(C(=O)NCC(CC)(CC)N(C)CC)c1C. The second-order valence-electron chi connectivity index (χ2n) is 5.56. The molecule has 0 aliphatic rings. The number of amides is 1. The molecule has 0 spiro atoms. The van der Waals surface area contributed by atoms with Crippen LogP contribution in [0.5, 0.6) is 0 Å². The smallest absolute Gasteiger partial charge is 0.273 e. The molecular formula is C16H29N3O2. The van der Waals surface area contributed by atoms with Crippen molar-refractivity contribution < 1.29 is 9.32 Å². The molecule has 1 rings (SSSR count). The first-order valence-corrected chi connectivity index (χ1v) is 7.90. The van der Waals surface area contributed by atoms with Crippen LogP contribution < -0.4 is 5.32 Å². The van der Waals surface area contributed by atoms with Crippen LogP contribution >= 0.6 is 0 Å². The lowest BCUT2D eigenvalue weighted by atomic mass is 9.90. The molecule has 0 aliphatic carbocycles. The molecule has 21 heavy (non-hydrogen) atoms. The van der Waals surface area contributed by atoms with Gasteiger partial charge < -0.3 is 9.84 Å². The van der Waals surface area contributed by atoms with Crippen LogP contribution in [0.3, 0.4) is 0 Å². The molecule has 0 unspecified atom stereocenters. The zero-order valence-electron chi connectivity index (χ0n) is 14.2. The number of rotatable bonds is 8. The summed E-state index contributed by atoms with van der Waals surface area (Å²) in [5, 5.41) is 6.94. The van der Waals surface area contributed by atoms with Crippen LogP contribution in [0.1, 0.15) is 62.3 Å². The number of aryl methyl sites for hydroxylation is 1. The van der Waals surface area contributed by atoms with Gasteiger partial charge in [-0.25, -0.2) is 0 Å². The lowest BCUT2D eigenvalue weighted by molar-refractivity contribution is 0.0834. The second-order valence-corrected chi connectivity index (χ2v) is 5.56. The van der Waals surface area contributed by atoms with E-state index in [0.29, 0.717) is 12.2 Å². The summed E-state index contributed by atoms with van der Waals surface area (Å²) in [5.41, 5.74) is 1.25. The van der Waals surface area contributed by atoms with Gasteiger partial charge in [-0.3, -0.25) is 9.69 Å². The maximum atomic E-state index is 12.3. The largest absolute Gasteiger partial charge is 0.360 e. The van der Waals surface area contributed by atoms with Crippen molar-refractivity contribution in [2.75, 3.05) is 20.1 Å². The van der Waals surface area contributed by atoms with E-state index in [2.05, 4.69) is 43.2 Å². The summed E-state index contributed by atoms with van der Waals surface area (Å²) < 4.78 is 5.20. The Morgan fingerprint density at radius 3 is 2.33 bits per heavy atom. The number of nitrogens with one attached hydrogen (secondary N) is 1. The number of likely N-dealkylation sites (N-methyl/N-ethyl adjacent to an activating group) is 1. The van der Waals surface area contributed by atoms with E-state index in [1.54, 1.807) is 0 Å². The second kappa shape index (κ2) is 7.59.